The molecule has 3 atom stereocenters. The van der Waals surface area contributed by atoms with Crippen LogP contribution >= 0.6 is 0 Å². The van der Waals surface area contributed by atoms with E-state index < -0.39 is 9.84 Å². The van der Waals surface area contributed by atoms with Crippen LogP contribution in [-0.2, 0) is 9.84 Å². The number of fused-ring (bicyclic) bond motifs is 1. The van der Waals surface area contributed by atoms with E-state index in [1.54, 1.807) is 0 Å². The first kappa shape index (κ1) is 12.3. The molecule has 0 aliphatic heterocycles. The lowest BCUT2D eigenvalue weighted by Gasteiger charge is -2.23. The Kier molecular flexibility index (Phi) is 3.56. The number of nitrogens with one attached hydrogen (secondary N) is 1. The van der Waals surface area contributed by atoms with Crippen LogP contribution in [0.3, 0.4) is 0 Å². The number of nitrogens with two attached hydrogens (primary N) is 1. The maximum absolute atomic E-state index is 11.0. The van der Waals surface area contributed by atoms with Gasteiger partial charge >= 0.3 is 0 Å². The molecule has 16 heavy (non-hydrogen) atoms. The summed E-state index contributed by atoms with van der Waals surface area (Å²) in [6, 6.07) is 0.314. The van der Waals surface area contributed by atoms with Crippen LogP contribution in [0.1, 0.15) is 32.1 Å². The number of hydrogen-bond acceptors (Lipinski definition) is 4. The fourth-order valence-corrected chi connectivity index (χ4v) is 3.80. The van der Waals surface area contributed by atoms with Crippen molar-refractivity contribution in [1.29, 1.82) is 0 Å². The first-order valence-corrected chi connectivity index (χ1v) is 8.19. The molecule has 2 aliphatic rings. The first-order valence-electron chi connectivity index (χ1n) is 6.13. The summed E-state index contributed by atoms with van der Waals surface area (Å²) in [6.45, 7) is 0. The summed E-state index contributed by atoms with van der Waals surface area (Å²) in [6.07, 6.45) is 6.89. The first-order chi connectivity index (χ1) is 7.49. The summed E-state index contributed by atoms with van der Waals surface area (Å²) in [5.74, 6) is 8.43. The molecule has 0 aromatic heterocycles. The maximum Gasteiger partial charge on any atom is 0.147 e. The molecule has 0 radical (unpaired) electrons. The fourth-order valence-electron chi connectivity index (χ4n) is 3.11. The van der Waals surface area contributed by atoms with Crippen LogP contribution in [0.15, 0.2) is 0 Å². The Morgan fingerprint density at radius 2 is 1.94 bits per heavy atom. The second-order valence-corrected chi connectivity index (χ2v) is 7.79. The predicted molar refractivity (Wildman–Crippen MR) is 64.4 cm³/mol. The molecule has 3 N–H and O–H groups in total. The highest BCUT2D eigenvalue weighted by molar-refractivity contribution is 7.90. The van der Waals surface area contributed by atoms with Crippen LogP contribution < -0.4 is 11.3 Å². The van der Waals surface area contributed by atoms with Gasteiger partial charge in [-0.05, 0) is 49.9 Å². The minimum absolute atomic E-state index is 0.282. The van der Waals surface area contributed by atoms with Gasteiger partial charge in [-0.25, -0.2) is 8.42 Å². The van der Waals surface area contributed by atoms with E-state index in [9.17, 15) is 8.42 Å². The lowest BCUT2D eigenvalue weighted by Crippen LogP contribution is -2.40. The molecule has 0 spiro atoms. The normalized spacial score (nSPS) is 34.8. The average molecular weight is 246 g/mol. The van der Waals surface area contributed by atoms with E-state index in [1.807, 2.05) is 0 Å². The van der Waals surface area contributed by atoms with E-state index >= 15 is 0 Å². The van der Waals surface area contributed by atoms with Crippen molar-refractivity contribution in [3.8, 4) is 0 Å². The smallest absolute Gasteiger partial charge is 0.147 e. The molecule has 3 unspecified atom stereocenters. The van der Waals surface area contributed by atoms with Gasteiger partial charge in [0.25, 0.3) is 0 Å². The fraction of sp³-hybridized carbons (Fsp3) is 1.00. The van der Waals surface area contributed by atoms with Gasteiger partial charge in [0.1, 0.15) is 9.84 Å². The van der Waals surface area contributed by atoms with E-state index in [4.69, 9.17) is 5.84 Å². The quantitative estimate of drug-likeness (QED) is 0.534. The summed E-state index contributed by atoms with van der Waals surface area (Å²) in [7, 11) is -2.82. The van der Waals surface area contributed by atoms with Gasteiger partial charge in [-0.1, -0.05) is 0 Å². The van der Waals surface area contributed by atoms with Crippen molar-refractivity contribution in [3.05, 3.63) is 0 Å². The Bertz CT molecular complexity index is 332. The molecule has 2 fully saturated rings. The van der Waals surface area contributed by atoms with Crippen LogP contribution in [0.5, 0.6) is 0 Å². The standard InChI is InChI=1S/C11H22N2O2S/c1-16(14,15)4-2-3-11(13-12)10-6-8-5-9(8)7-10/h8-11,13H,2-7,12H2,1H3. The van der Waals surface area contributed by atoms with Crippen molar-refractivity contribution in [3.63, 3.8) is 0 Å². The number of sulfone groups is 1. The van der Waals surface area contributed by atoms with Crippen molar-refractivity contribution >= 4 is 9.84 Å². The monoisotopic (exact) mass is 246 g/mol. The van der Waals surface area contributed by atoms with Crippen LogP contribution in [0, 0.1) is 17.8 Å². The molecule has 0 heterocycles. The third kappa shape index (κ3) is 3.18. The molecule has 2 aliphatic carbocycles. The molecule has 2 rings (SSSR count). The summed E-state index contributed by atoms with van der Waals surface area (Å²) in [4.78, 5) is 0. The van der Waals surface area contributed by atoms with Crippen molar-refractivity contribution in [2.24, 2.45) is 23.6 Å². The van der Waals surface area contributed by atoms with E-state index in [0.717, 1.165) is 24.7 Å². The highest BCUT2D eigenvalue weighted by Gasteiger charge is 2.47. The predicted octanol–water partition coefficient (Wildman–Crippen LogP) is 0.689. The van der Waals surface area contributed by atoms with Gasteiger partial charge in [0.05, 0.1) is 0 Å². The van der Waals surface area contributed by atoms with Crippen LogP contribution in [0.2, 0.25) is 0 Å². The molecule has 0 amide bonds. The molecular weight excluding hydrogens is 224 g/mol. The van der Waals surface area contributed by atoms with Gasteiger partial charge in [-0.3, -0.25) is 11.3 Å². The van der Waals surface area contributed by atoms with Crippen molar-refractivity contribution in [1.82, 2.24) is 5.43 Å². The van der Waals surface area contributed by atoms with Crippen molar-refractivity contribution < 1.29 is 8.42 Å². The third-order valence-corrected chi connectivity index (χ3v) is 5.12. The van der Waals surface area contributed by atoms with Gasteiger partial charge in [0.2, 0.25) is 0 Å². The number of hydrazine groups is 1. The Morgan fingerprint density at radius 1 is 1.31 bits per heavy atom. The zero-order valence-electron chi connectivity index (χ0n) is 9.85. The lowest BCUT2D eigenvalue weighted by atomic mass is 9.92. The van der Waals surface area contributed by atoms with Crippen molar-refractivity contribution in [2.75, 3.05) is 12.0 Å². The molecule has 94 valence electrons. The molecule has 2 saturated carbocycles. The molecular formula is C11H22N2O2S. The van der Waals surface area contributed by atoms with Gasteiger partial charge in [0.15, 0.2) is 0 Å². The van der Waals surface area contributed by atoms with E-state index in [1.165, 1.54) is 25.5 Å². The Labute approximate surface area is 97.9 Å². The molecule has 4 nitrogen and oxygen atoms in total. The molecule has 0 aromatic rings. The molecule has 5 heteroatoms. The average Bonchev–Trinajstić information content (AvgIpc) is 2.79. The van der Waals surface area contributed by atoms with Crippen LogP contribution in [-0.4, -0.2) is 26.5 Å². The third-order valence-electron chi connectivity index (χ3n) is 4.09. The van der Waals surface area contributed by atoms with E-state index in [0.29, 0.717) is 12.0 Å². The van der Waals surface area contributed by atoms with E-state index in [2.05, 4.69) is 5.43 Å². The van der Waals surface area contributed by atoms with Gasteiger partial charge in [0, 0.05) is 18.1 Å². The zero-order chi connectivity index (χ0) is 11.8. The summed E-state index contributed by atoms with van der Waals surface area (Å²) in [5.41, 5.74) is 2.88. The Hall–Kier alpha value is -0.130. The second-order valence-electron chi connectivity index (χ2n) is 5.53. The maximum atomic E-state index is 11.0. The second kappa shape index (κ2) is 4.63. The minimum Gasteiger partial charge on any atom is -0.271 e. The number of hydrogen-bond donors (Lipinski definition) is 2. The zero-order valence-corrected chi connectivity index (χ0v) is 10.7. The van der Waals surface area contributed by atoms with Gasteiger partial charge in [-0.15, -0.1) is 0 Å². The van der Waals surface area contributed by atoms with Gasteiger partial charge in [-0.2, -0.15) is 0 Å². The largest absolute Gasteiger partial charge is 0.271 e. The SMILES string of the molecule is CS(=O)(=O)CCCC(NN)C1CC2CC2C1. The van der Waals surface area contributed by atoms with Gasteiger partial charge < -0.3 is 0 Å². The molecule has 0 aromatic carbocycles. The topological polar surface area (TPSA) is 72.2 Å². The Balaban J connectivity index is 1.73. The summed E-state index contributed by atoms with van der Waals surface area (Å²) in [5, 5.41) is 0. The highest BCUT2D eigenvalue weighted by atomic mass is 32.2. The van der Waals surface area contributed by atoms with Crippen molar-refractivity contribution in [2.45, 2.75) is 38.1 Å². The lowest BCUT2D eigenvalue weighted by molar-refractivity contribution is 0.320. The molecule has 0 saturated heterocycles. The van der Waals surface area contributed by atoms with Crippen LogP contribution in [0.4, 0.5) is 0 Å². The summed E-state index contributed by atoms with van der Waals surface area (Å²) < 4.78 is 22.1. The highest BCUT2D eigenvalue weighted by Crippen LogP contribution is 2.55. The number of rotatable bonds is 6. The van der Waals surface area contributed by atoms with Crippen LogP contribution in [0.25, 0.3) is 0 Å². The van der Waals surface area contributed by atoms with E-state index in [-0.39, 0.29) is 5.75 Å². The minimum atomic E-state index is -2.82. The molecule has 0 bridgehead atoms. The summed E-state index contributed by atoms with van der Waals surface area (Å²) >= 11 is 0. The Morgan fingerprint density at radius 3 is 2.44 bits per heavy atom.